The van der Waals surface area contributed by atoms with Gasteiger partial charge in [0.05, 0.1) is 30.0 Å². The Morgan fingerprint density at radius 1 is 1.12 bits per heavy atom. The predicted molar refractivity (Wildman–Crippen MR) is 123 cm³/mol. The van der Waals surface area contributed by atoms with Crippen LogP contribution in [0.15, 0.2) is 36.5 Å². The van der Waals surface area contributed by atoms with Crippen molar-refractivity contribution in [2.45, 2.75) is 18.9 Å². The minimum Gasteiger partial charge on any atom is -0.480 e. The topological polar surface area (TPSA) is 132 Å². The molecule has 1 aliphatic heterocycles. The average molecular weight is 441 g/mol. The first-order valence-electron chi connectivity index (χ1n) is 10.7. The number of nitrogens with two attached hydrogens (primary N) is 1. The molecule has 33 heavy (non-hydrogen) atoms. The quantitative estimate of drug-likeness (QED) is 0.506. The molecule has 2 N–H and O–H groups in total. The number of rotatable bonds is 4. The van der Waals surface area contributed by atoms with Crippen molar-refractivity contribution >= 4 is 17.1 Å². The van der Waals surface area contributed by atoms with Crippen LogP contribution in [-0.4, -0.2) is 56.2 Å². The largest absolute Gasteiger partial charge is 0.480 e. The van der Waals surface area contributed by atoms with Crippen molar-refractivity contribution in [2.24, 2.45) is 12.8 Å². The van der Waals surface area contributed by atoms with Crippen molar-refractivity contribution in [1.82, 2.24) is 29.9 Å². The van der Waals surface area contributed by atoms with Crippen molar-refractivity contribution in [3.63, 3.8) is 0 Å². The summed E-state index contributed by atoms with van der Waals surface area (Å²) in [5.74, 6) is 1.04. The van der Waals surface area contributed by atoms with Crippen molar-refractivity contribution in [3.8, 4) is 34.3 Å². The molecule has 166 valence electrons. The highest BCUT2D eigenvalue weighted by Crippen LogP contribution is 2.39. The van der Waals surface area contributed by atoms with E-state index in [0.717, 1.165) is 37.1 Å². The molecule has 1 saturated heterocycles. The van der Waals surface area contributed by atoms with E-state index in [2.05, 4.69) is 26.3 Å². The molecule has 4 aromatic rings. The fourth-order valence-corrected chi connectivity index (χ4v) is 4.05. The lowest BCUT2D eigenvalue weighted by molar-refractivity contribution is 0.397. The lowest BCUT2D eigenvalue weighted by Crippen LogP contribution is -2.40. The number of hydrogen-bond donors (Lipinski definition) is 1. The number of pyridine rings is 1. The Bertz CT molecular complexity index is 1350. The summed E-state index contributed by atoms with van der Waals surface area (Å²) < 4.78 is 7.38. The fourth-order valence-electron chi connectivity index (χ4n) is 4.05. The molecule has 10 nitrogen and oxygen atoms in total. The average Bonchev–Trinajstić information content (AvgIpc) is 3.23. The Labute approximate surface area is 190 Å². The standard InChI is InChI=1S/C23H23N9O/c1-31-21-18(29-30-31)11-16(13-26-21)19-20(15-5-3-14(12-24)4-6-15)27-23(28-22(19)33-2)32-9-7-17(25)8-10-32/h3-6,11,13,17H,7-10,25H2,1-2H3. The van der Waals surface area contributed by atoms with E-state index in [1.807, 2.05) is 18.2 Å². The number of anilines is 1. The highest BCUT2D eigenvalue weighted by Gasteiger charge is 2.24. The summed E-state index contributed by atoms with van der Waals surface area (Å²) in [5, 5.41) is 17.5. The van der Waals surface area contributed by atoms with Gasteiger partial charge in [-0.2, -0.15) is 10.2 Å². The van der Waals surface area contributed by atoms with Crippen LogP contribution in [0.4, 0.5) is 5.95 Å². The first-order valence-corrected chi connectivity index (χ1v) is 10.7. The van der Waals surface area contributed by atoms with Gasteiger partial charge in [-0.3, -0.25) is 0 Å². The molecule has 0 amide bonds. The van der Waals surface area contributed by atoms with Crippen molar-refractivity contribution in [1.29, 1.82) is 5.26 Å². The highest BCUT2D eigenvalue weighted by atomic mass is 16.5. The summed E-state index contributed by atoms with van der Waals surface area (Å²) in [6.07, 6.45) is 3.51. The molecule has 1 aliphatic rings. The van der Waals surface area contributed by atoms with E-state index >= 15 is 0 Å². The molecule has 3 aromatic heterocycles. The van der Waals surface area contributed by atoms with Gasteiger partial charge in [-0.1, -0.05) is 17.3 Å². The van der Waals surface area contributed by atoms with Crippen molar-refractivity contribution in [2.75, 3.05) is 25.1 Å². The van der Waals surface area contributed by atoms with Gasteiger partial charge in [0.25, 0.3) is 0 Å². The van der Waals surface area contributed by atoms with Gasteiger partial charge in [0.1, 0.15) is 5.52 Å². The van der Waals surface area contributed by atoms with Crippen LogP contribution in [0.25, 0.3) is 33.5 Å². The lowest BCUT2D eigenvalue weighted by Gasteiger charge is -2.31. The number of nitrogens with zero attached hydrogens (tertiary/aromatic N) is 8. The number of aryl methyl sites for hydroxylation is 1. The molecule has 1 aromatic carbocycles. The van der Waals surface area contributed by atoms with Crippen LogP contribution >= 0.6 is 0 Å². The summed E-state index contributed by atoms with van der Waals surface area (Å²) in [5.41, 5.74) is 11.0. The molecule has 1 fully saturated rings. The zero-order valence-electron chi connectivity index (χ0n) is 18.4. The van der Waals surface area contributed by atoms with Crippen LogP contribution in [0.2, 0.25) is 0 Å². The number of benzene rings is 1. The first-order chi connectivity index (χ1) is 16.1. The SMILES string of the molecule is COc1nc(N2CCC(N)CC2)nc(-c2ccc(C#N)cc2)c1-c1cnc2c(c1)nnn2C. The Kier molecular flexibility index (Phi) is 5.32. The maximum absolute atomic E-state index is 9.22. The van der Waals surface area contributed by atoms with Gasteiger partial charge in [0, 0.05) is 43.5 Å². The van der Waals surface area contributed by atoms with Gasteiger partial charge in [0.2, 0.25) is 11.8 Å². The molecule has 0 atom stereocenters. The summed E-state index contributed by atoms with van der Waals surface area (Å²) in [6, 6.07) is 11.6. The number of nitriles is 1. The van der Waals surface area contributed by atoms with E-state index in [0.29, 0.717) is 39.8 Å². The van der Waals surface area contributed by atoms with Crippen LogP contribution in [0, 0.1) is 11.3 Å². The van der Waals surface area contributed by atoms with Gasteiger partial charge in [-0.15, -0.1) is 5.10 Å². The summed E-state index contributed by atoms with van der Waals surface area (Å²) in [7, 11) is 3.39. The Morgan fingerprint density at radius 3 is 2.58 bits per heavy atom. The van der Waals surface area contributed by atoms with Crippen LogP contribution < -0.4 is 15.4 Å². The lowest BCUT2D eigenvalue weighted by atomic mass is 10.00. The molecular formula is C23H23N9O. The fraction of sp³-hybridized carbons (Fsp3) is 0.304. The Hall–Kier alpha value is -4.10. The Morgan fingerprint density at radius 2 is 1.88 bits per heavy atom. The molecular weight excluding hydrogens is 418 g/mol. The number of piperidine rings is 1. The Balaban J connectivity index is 1.70. The molecule has 10 heteroatoms. The first kappa shape index (κ1) is 20.8. The van der Waals surface area contributed by atoms with E-state index in [4.69, 9.17) is 20.4 Å². The van der Waals surface area contributed by atoms with E-state index in [-0.39, 0.29) is 6.04 Å². The third-order valence-corrected chi connectivity index (χ3v) is 5.90. The molecule has 0 radical (unpaired) electrons. The molecule has 4 heterocycles. The molecule has 0 bridgehead atoms. The molecule has 5 rings (SSSR count). The maximum atomic E-state index is 9.22. The van der Waals surface area contributed by atoms with E-state index < -0.39 is 0 Å². The van der Waals surface area contributed by atoms with E-state index in [1.165, 1.54) is 0 Å². The number of methoxy groups -OCH3 is 1. The number of ether oxygens (including phenoxy) is 1. The third kappa shape index (κ3) is 3.83. The number of fused-ring (bicyclic) bond motifs is 1. The minimum atomic E-state index is 0.199. The van der Waals surface area contributed by atoms with E-state index in [9.17, 15) is 5.26 Å². The second kappa shape index (κ2) is 8.44. The van der Waals surface area contributed by atoms with Gasteiger partial charge < -0.3 is 15.4 Å². The zero-order valence-corrected chi connectivity index (χ0v) is 18.4. The maximum Gasteiger partial charge on any atom is 0.229 e. The monoisotopic (exact) mass is 441 g/mol. The van der Waals surface area contributed by atoms with E-state index in [1.54, 1.807) is 37.2 Å². The van der Waals surface area contributed by atoms with Gasteiger partial charge in [-0.25, -0.2) is 14.6 Å². The summed E-state index contributed by atoms with van der Waals surface area (Å²) in [4.78, 5) is 16.4. The molecule has 0 saturated carbocycles. The second-order valence-electron chi connectivity index (χ2n) is 8.05. The van der Waals surface area contributed by atoms with Crippen LogP contribution in [-0.2, 0) is 7.05 Å². The predicted octanol–water partition coefficient (Wildman–Crippen LogP) is 2.30. The normalized spacial score (nSPS) is 14.4. The molecule has 0 aliphatic carbocycles. The van der Waals surface area contributed by atoms with Gasteiger partial charge >= 0.3 is 0 Å². The van der Waals surface area contributed by atoms with Crippen LogP contribution in [0.3, 0.4) is 0 Å². The minimum absolute atomic E-state index is 0.199. The third-order valence-electron chi connectivity index (χ3n) is 5.90. The van der Waals surface area contributed by atoms with Crippen LogP contribution in [0.5, 0.6) is 5.88 Å². The van der Waals surface area contributed by atoms with Crippen molar-refractivity contribution < 1.29 is 4.74 Å². The molecule has 0 spiro atoms. The summed E-state index contributed by atoms with van der Waals surface area (Å²) in [6.45, 7) is 1.56. The highest BCUT2D eigenvalue weighted by molar-refractivity contribution is 5.88. The zero-order chi connectivity index (χ0) is 22.9. The van der Waals surface area contributed by atoms with Gasteiger partial charge in [-0.05, 0) is 31.0 Å². The van der Waals surface area contributed by atoms with Gasteiger partial charge in [0.15, 0.2) is 5.65 Å². The smallest absolute Gasteiger partial charge is 0.229 e. The van der Waals surface area contributed by atoms with Crippen molar-refractivity contribution in [3.05, 3.63) is 42.1 Å². The van der Waals surface area contributed by atoms with Crippen LogP contribution in [0.1, 0.15) is 18.4 Å². The number of aromatic nitrogens is 6. The number of hydrogen-bond acceptors (Lipinski definition) is 9. The summed E-state index contributed by atoms with van der Waals surface area (Å²) >= 11 is 0. The second-order valence-corrected chi connectivity index (χ2v) is 8.05. The molecule has 0 unspecified atom stereocenters.